The molecule has 0 spiro atoms. The summed E-state index contributed by atoms with van der Waals surface area (Å²) >= 11 is 1.76. The van der Waals surface area contributed by atoms with Crippen LogP contribution < -0.4 is 5.32 Å². The van der Waals surface area contributed by atoms with Gasteiger partial charge in [0.2, 0.25) is 0 Å². The molecule has 6 heteroatoms. The van der Waals surface area contributed by atoms with E-state index in [-0.39, 0.29) is 12.4 Å². The Morgan fingerprint density at radius 2 is 1.90 bits per heavy atom. The number of thioether (sulfide) groups is 1. The highest BCUT2D eigenvalue weighted by molar-refractivity contribution is 7.98. The molecule has 1 saturated heterocycles. The summed E-state index contributed by atoms with van der Waals surface area (Å²) in [6.07, 6.45) is 2.32. The van der Waals surface area contributed by atoms with Crippen molar-refractivity contribution in [3.8, 4) is 0 Å². The third kappa shape index (κ3) is 3.99. The molecule has 1 aromatic carbocycles. The number of halogens is 1. The largest absolute Gasteiger partial charge is 0.317 e. The van der Waals surface area contributed by atoms with Crippen LogP contribution >= 0.6 is 24.2 Å². The lowest BCUT2D eigenvalue weighted by Crippen LogP contribution is -2.27. The predicted octanol–water partition coefficient (Wildman–Crippen LogP) is 3.00. The fourth-order valence-electron chi connectivity index (χ4n) is 2.61. The van der Waals surface area contributed by atoms with Gasteiger partial charge in [0.05, 0.1) is 0 Å². The Kier molecular flexibility index (Phi) is 6.08. The molecular formula is C15H21ClN4S. The van der Waals surface area contributed by atoms with Crippen LogP contribution in [0.15, 0.2) is 35.5 Å². The molecular weight excluding hydrogens is 304 g/mol. The molecule has 1 aliphatic heterocycles. The monoisotopic (exact) mass is 324 g/mol. The molecule has 0 aliphatic carbocycles. The van der Waals surface area contributed by atoms with E-state index >= 15 is 0 Å². The number of aromatic nitrogens is 3. The maximum Gasteiger partial charge on any atom is 0.191 e. The molecule has 0 bridgehead atoms. The van der Waals surface area contributed by atoms with E-state index in [2.05, 4.69) is 51.4 Å². The van der Waals surface area contributed by atoms with Crippen molar-refractivity contribution in [3.05, 3.63) is 41.7 Å². The molecule has 2 heterocycles. The van der Waals surface area contributed by atoms with Crippen LogP contribution in [0.2, 0.25) is 0 Å². The van der Waals surface area contributed by atoms with Gasteiger partial charge in [0.1, 0.15) is 5.82 Å². The Bertz CT molecular complexity index is 552. The Hall–Kier alpha value is -1.04. The molecule has 0 saturated carbocycles. The third-order valence-corrected chi connectivity index (χ3v) is 4.88. The van der Waals surface area contributed by atoms with E-state index in [0.29, 0.717) is 5.92 Å². The van der Waals surface area contributed by atoms with Crippen molar-refractivity contribution in [1.29, 1.82) is 0 Å². The summed E-state index contributed by atoms with van der Waals surface area (Å²) in [5.74, 6) is 2.64. The maximum absolute atomic E-state index is 4.42. The first kappa shape index (κ1) is 16.3. The van der Waals surface area contributed by atoms with E-state index in [1.807, 2.05) is 6.07 Å². The summed E-state index contributed by atoms with van der Waals surface area (Å²) in [4.78, 5) is 0. The quantitative estimate of drug-likeness (QED) is 0.878. The number of nitrogens with zero attached hydrogens (tertiary/aromatic N) is 3. The van der Waals surface area contributed by atoms with Crippen LogP contribution in [0.5, 0.6) is 0 Å². The number of benzene rings is 1. The maximum atomic E-state index is 4.42. The SMILES string of the molecule is Cl.Cn1c(SCc2ccccc2)nnc1C1CCNCC1. The standard InChI is InChI=1S/C15H20N4S.ClH/c1-19-14(13-7-9-16-10-8-13)17-18-15(19)20-11-12-5-3-2-4-6-12;/h2-6,13,16H,7-11H2,1H3;1H. The smallest absolute Gasteiger partial charge is 0.191 e. The average molecular weight is 325 g/mol. The van der Waals surface area contributed by atoms with Crippen LogP contribution in [0.4, 0.5) is 0 Å². The summed E-state index contributed by atoms with van der Waals surface area (Å²) in [5, 5.41) is 13.2. The number of nitrogens with one attached hydrogen (secondary N) is 1. The Labute approximate surface area is 136 Å². The molecule has 1 fully saturated rings. The molecule has 4 nitrogen and oxygen atoms in total. The summed E-state index contributed by atoms with van der Waals surface area (Å²) < 4.78 is 2.17. The van der Waals surface area contributed by atoms with Gasteiger partial charge in [-0.1, -0.05) is 42.1 Å². The Balaban J connectivity index is 0.00000161. The zero-order chi connectivity index (χ0) is 13.8. The first-order valence-corrected chi connectivity index (χ1v) is 8.10. The van der Waals surface area contributed by atoms with Gasteiger partial charge in [-0.15, -0.1) is 22.6 Å². The fraction of sp³-hybridized carbons (Fsp3) is 0.467. The lowest BCUT2D eigenvalue weighted by molar-refractivity contribution is 0.434. The number of hydrogen-bond acceptors (Lipinski definition) is 4. The van der Waals surface area contributed by atoms with Crippen molar-refractivity contribution in [3.63, 3.8) is 0 Å². The van der Waals surface area contributed by atoms with E-state index in [9.17, 15) is 0 Å². The zero-order valence-corrected chi connectivity index (χ0v) is 13.8. The van der Waals surface area contributed by atoms with Crippen molar-refractivity contribution in [1.82, 2.24) is 20.1 Å². The van der Waals surface area contributed by atoms with Gasteiger partial charge >= 0.3 is 0 Å². The minimum Gasteiger partial charge on any atom is -0.317 e. The Morgan fingerprint density at radius 3 is 2.62 bits per heavy atom. The van der Waals surface area contributed by atoms with Gasteiger partial charge in [-0.25, -0.2) is 0 Å². The second-order valence-corrected chi connectivity index (χ2v) is 6.14. The van der Waals surface area contributed by atoms with Gasteiger partial charge < -0.3 is 9.88 Å². The molecule has 21 heavy (non-hydrogen) atoms. The minimum absolute atomic E-state index is 0. The van der Waals surface area contributed by atoms with Crippen molar-refractivity contribution in [2.24, 2.45) is 7.05 Å². The molecule has 114 valence electrons. The van der Waals surface area contributed by atoms with Crippen molar-refractivity contribution in [2.75, 3.05) is 13.1 Å². The zero-order valence-electron chi connectivity index (χ0n) is 12.2. The van der Waals surface area contributed by atoms with Gasteiger partial charge in [0, 0.05) is 18.7 Å². The van der Waals surface area contributed by atoms with Crippen LogP contribution in [0.3, 0.4) is 0 Å². The fourth-order valence-corrected chi connectivity index (χ4v) is 3.48. The molecule has 0 radical (unpaired) electrons. The topological polar surface area (TPSA) is 42.7 Å². The average Bonchev–Trinajstić information content (AvgIpc) is 2.88. The van der Waals surface area contributed by atoms with Crippen LogP contribution in [-0.4, -0.2) is 27.9 Å². The molecule has 0 atom stereocenters. The number of piperidine rings is 1. The third-order valence-electron chi connectivity index (χ3n) is 3.78. The van der Waals surface area contributed by atoms with Crippen LogP contribution in [-0.2, 0) is 12.8 Å². The first-order valence-electron chi connectivity index (χ1n) is 7.11. The van der Waals surface area contributed by atoms with Gasteiger partial charge in [-0.05, 0) is 31.5 Å². The molecule has 1 aliphatic rings. The summed E-state index contributed by atoms with van der Waals surface area (Å²) in [6, 6.07) is 10.5. The normalized spacial score (nSPS) is 15.7. The van der Waals surface area contributed by atoms with Crippen LogP contribution in [0.1, 0.15) is 30.1 Å². The second-order valence-electron chi connectivity index (χ2n) is 5.20. The predicted molar refractivity (Wildman–Crippen MR) is 89.1 cm³/mol. The summed E-state index contributed by atoms with van der Waals surface area (Å²) in [6.45, 7) is 2.17. The van der Waals surface area contributed by atoms with E-state index in [1.54, 1.807) is 11.8 Å². The molecule has 3 rings (SSSR count). The van der Waals surface area contributed by atoms with Gasteiger partial charge in [0.25, 0.3) is 0 Å². The highest BCUT2D eigenvalue weighted by Crippen LogP contribution is 2.27. The van der Waals surface area contributed by atoms with Crippen LogP contribution in [0, 0.1) is 0 Å². The lowest BCUT2D eigenvalue weighted by atomic mass is 9.97. The highest BCUT2D eigenvalue weighted by Gasteiger charge is 2.21. The van der Waals surface area contributed by atoms with Crippen LogP contribution in [0.25, 0.3) is 0 Å². The van der Waals surface area contributed by atoms with E-state index in [0.717, 1.165) is 42.7 Å². The first-order chi connectivity index (χ1) is 9.84. The lowest BCUT2D eigenvalue weighted by Gasteiger charge is -2.21. The second kappa shape index (κ2) is 7.82. The van der Waals surface area contributed by atoms with Crippen molar-refractivity contribution < 1.29 is 0 Å². The van der Waals surface area contributed by atoms with Gasteiger partial charge in [0.15, 0.2) is 5.16 Å². The van der Waals surface area contributed by atoms with E-state index in [1.165, 1.54) is 5.56 Å². The summed E-state index contributed by atoms with van der Waals surface area (Å²) in [7, 11) is 2.09. The summed E-state index contributed by atoms with van der Waals surface area (Å²) in [5.41, 5.74) is 1.32. The highest BCUT2D eigenvalue weighted by atomic mass is 35.5. The molecule has 1 N–H and O–H groups in total. The molecule has 0 unspecified atom stereocenters. The van der Waals surface area contributed by atoms with E-state index in [4.69, 9.17) is 0 Å². The van der Waals surface area contributed by atoms with E-state index < -0.39 is 0 Å². The van der Waals surface area contributed by atoms with Gasteiger partial charge in [-0.2, -0.15) is 0 Å². The minimum atomic E-state index is 0. The Morgan fingerprint density at radius 1 is 1.19 bits per heavy atom. The molecule has 1 aromatic heterocycles. The molecule has 0 amide bonds. The number of rotatable bonds is 4. The van der Waals surface area contributed by atoms with Crippen molar-refractivity contribution >= 4 is 24.2 Å². The number of hydrogen-bond donors (Lipinski definition) is 1. The molecule has 2 aromatic rings. The van der Waals surface area contributed by atoms with Gasteiger partial charge in [-0.3, -0.25) is 0 Å². The van der Waals surface area contributed by atoms with Crippen molar-refractivity contribution in [2.45, 2.75) is 29.7 Å².